The summed E-state index contributed by atoms with van der Waals surface area (Å²) in [6.45, 7) is 1.82. The van der Waals surface area contributed by atoms with Crippen molar-refractivity contribution in [1.29, 1.82) is 0 Å². The molecule has 4 aromatic heterocycles. The Hall–Kier alpha value is -3.41. The molecule has 1 aromatic carbocycles. The highest BCUT2D eigenvalue weighted by atomic mass is 32.2. The number of H-pyrrole nitrogens is 1. The van der Waals surface area contributed by atoms with Gasteiger partial charge in [-0.25, -0.2) is 23.0 Å². The third-order valence-electron chi connectivity index (χ3n) is 5.46. The number of rotatable bonds is 8. The lowest BCUT2D eigenvalue weighted by Crippen LogP contribution is -2.18. The Labute approximate surface area is 214 Å². The molecule has 1 atom stereocenters. The number of hydrogen-bond acceptors (Lipinski definition) is 6. The van der Waals surface area contributed by atoms with E-state index >= 15 is 4.39 Å². The molecule has 2 N–H and O–H groups in total. The smallest absolute Gasteiger partial charge is 0.201 e. The number of aromatic nitrogens is 3. The topological polar surface area (TPSA) is 87.7 Å². The summed E-state index contributed by atoms with van der Waals surface area (Å²) in [5.74, 6) is 0.825. The van der Waals surface area contributed by atoms with E-state index in [1.807, 2.05) is 24.4 Å². The zero-order chi connectivity index (χ0) is 25.4. The highest BCUT2D eigenvalue weighted by Crippen LogP contribution is 2.36. The van der Waals surface area contributed by atoms with Gasteiger partial charge in [0.05, 0.1) is 16.1 Å². The Balaban J connectivity index is 1.53. The summed E-state index contributed by atoms with van der Waals surface area (Å²) in [6.07, 6.45) is 5.37. The third kappa shape index (κ3) is 4.57. The maximum atomic E-state index is 15.3. The molecule has 0 fully saturated rings. The van der Waals surface area contributed by atoms with Crippen molar-refractivity contribution in [2.24, 2.45) is 0 Å². The number of aromatic amines is 1. The fraction of sp³-hybridized carbons (Fsp3) is 0.120. The number of carbonyl (C=O) groups excluding carboxylic acids is 1. The molecule has 184 valence electrons. The first-order valence-electron chi connectivity index (χ1n) is 10.9. The van der Waals surface area contributed by atoms with Crippen LogP contribution in [0.2, 0.25) is 0 Å². The molecule has 36 heavy (non-hydrogen) atoms. The number of pyridine rings is 1. The summed E-state index contributed by atoms with van der Waals surface area (Å²) in [6, 6.07) is 7.78. The van der Waals surface area contributed by atoms with Crippen molar-refractivity contribution in [2.45, 2.75) is 13.3 Å². The van der Waals surface area contributed by atoms with Gasteiger partial charge < -0.3 is 9.71 Å². The first-order chi connectivity index (χ1) is 17.3. The minimum atomic E-state index is -2.84. The van der Waals surface area contributed by atoms with Gasteiger partial charge in [-0.3, -0.25) is 4.79 Å². The number of carbonyl (C=O) groups is 1. The van der Waals surface area contributed by atoms with Gasteiger partial charge in [0.25, 0.3) is 0 Å². The maximum Gasteiger partial charge on any atom is 0.201 e. The van der Waals surface area contributed by atoms with Crippen LogP contribution in [0.3, 0.4) is 0 Å². The molecular weight excluding hydrogens is 522 g/mol. The second-order valence-electron chi connectivity index (χ2n) is 8.05. The number of nitrogens with one attached hydrogen (secondary N) is 2. The average molecular weight is 543 g/mol. The Morgan fingerprint density at radius 1 is 1.19 bits per heavy atom. The van der Waals surface area contributed by atoms with Gasteiger partial charge >= 0.3 is 0 Å². The van der Waals surface area contributed by atoms with Gasteiger partial charge in [-0.1, -0.05) is 6.92 Å². The summed E-state index contributed by atoms with van der Waals surface area (Å²) >= 11 is 3.07. The van der Waals surface area contributed by atoms with E-state index in [2.05, 4.69) is 25.5 Å². The van der Waals surface area contributed by atoms with E-state index in [9.17, 15) is 13.4 Å². The zero-order valence-electron chi connectivity index (χ0n) is 19.0. The Morgan fingerprint density at radius 2 is 2.00 bits per heavy atom. The number of nitrogens with zero attached hydrogens (tertiary/aromatic N) is 2. The van der Waals surface area contributed by atoms with Crippen LogP contribution in [0.5, 0.6) is 0 Å². The van der Waals surface area contributed by atoms with Crippen molar-refractivity contribution in [2.75, 3.05) is 10.5 Å². The molecule has 0 bridgehead atoms. The van der Waals surface area contributed by atoms with E-state index < -0.39 is 32.7 Å². The fourth-order valence-corrected chi connectivity index (χ4v) is 6.86. The number of ketones is 1. The van der Waals surface area contributed by atoms with Crippen LogP contribution in [0.1, 0.15) is 29.3 Å². The van der Waals surface area contributed by atoms with E-state index in [0.29, 0.717) is 17.5 Å². The average Bonchev–Trinajstić information content (AvgIpc) is 3.60. The molecule has 0 spiro atoms. The van der Waals surface area contributed by atoms with Gasteiger partial charge in [-0.2, -0.15) is 0 Å². The molecule has 11 heteroatoms. The molecule has 0 aliphatic rings. The summed E-state index contributed by atoms with van der Waals surface area (Å²) in [5, 5.41) is 3.25. The van der Waals surface area contributed by atoms with E-state index in [-0.39, 0.29) is 17.0 Å². The molecule has 0 amide bonds. The van der Waals surface area contributed by atoms with Crippen LogP contribution < -0.4 is 4.72 Å². The summed E-state index contributed by atoms with van der Waals surface area (Å²) < 4.78 is 45.1. The van der Waals surface area contributed by atoms with E-state index in [1.165, 1.54) is 28.9 Å². The molecule has 0 radical (unpaired) electrons. The minimum Gasteiger partial charge on any atom is -0.345 e. The van der Waals surface area contributed by atoms with Crippen LogP contribution >= 0.6 is 22.7 Å². The highest BCUT2D eigenvalue weighted by molar-refractivity contribution is 8.01. The Kier molecular flexibility index (Phi) is 6.45. The molecule has 1 unspecified atom stereocenters. The van der Waals surface area contributed by atoms with Crippen LogP contribution in [0.25, 0.3) is 31.4 Å². The molecule has 4 heterocycles. The maximum absolute atomic E-state index is 15.3. The van der Waals surface area contributed by atoms with Crippen LogP contribution in [0.15, 0.2) is 54.3 Å². The first kappa shape index (κ1) is 24.3. The van der Waals surface area contributed by atoms with Crippen molar-refractivity contribution in [1.82, 2.24) is 15.0 Å². The molecular formula is C25H20F2N4O2S3. The lowest BCUT2D eigenvalue weighted by molar-refractivity contribution is 0.103. The van der Waals surface area contributed by atoms with Crippen molar-refractivity contribution in [3.05, 3.63) is 77.1 Å². The summed E-state index contributed by atoms with van der Waals surface area (Å²) in [4.78, 5) is 26.9. The lowest BCUT2D eigenvalue weighted by Gasteiger charge is -2.14. The molecule has 0 saturated heterocycles. The second-order valence-corrected chi connectivity index (χ2v) is 12.3. The van der Waals surface area contributed by atoms with Crippen molar-refractivity contribution in [3.63, 3.8) is 0 Å². The highest BCUT2D eigenvalue weighted by Gasteiger charge is 2.25. The van der Waals surface area contributed by atoms with Gasteiger partial charge in [0.15, 0.2) is 5.82 Å². The van der Waals surface area contributed by atoms with Gasteiger partial charge in [-0.05, 0) is 42.6 Å². The number of fused-ring (bicyclic) bond motifs is 1. The number of thiophene rings is 1. The van der Waals surface area contributed by atoms with E-state index in [0.717, 1.165) is 32.5 Å². The number of halogens is 2. The fourth-order valence-electron chi connectivity index (χ4n) is 3.83. The Morgan fingerprint density at radius 3 is 2.75 bits per heavy atom. The van der Waals surface area contributed by atoms with Gasteiger partial charge in [-0.15, -0.1) is 22.7 Å². The van der Waals surface area contributed by atoms with Gasteiger partial charge in [0.2, 0.25) is 5.78 Å². The molecule has 5 aromatic rings. The van der Waals surface area contributed by atoms with Gasteiger partial charge in [0, 0.05) is 60.8 Å². The predicted molar refractivity (Wildman–Crippen MR) is 144 cm³/mol. The summed E-state index contributed by atoms with van der Waals surface area (Å²) in [5.41, 5.74) is 0.282. The standard InChI is InChI=1S/C25H20F2N4O2S3/c1-3-10-36(2,33)31-18-5-4-17(26)21(22(18)27)23(32)16-13-30-24-15(16)11-14(12-29-24)19-6-7-20(35-19)25-28-8-9-34-25/h4-9,11-13H,2-3,10H2,1H3,(H,29,30)(H,31,33). The third-order valence-corrected chi connectivity index (χ3v) is 9.19. The monoisotopic (exact) mass is 542 g/mol. The second kappa shape index (κ2) is 9.57. The van der Waals surface area contributed by atoms with Gasteiger partial charge in [0.1, 0.15) is 16.5 Å². The quantitative estimate of drug-likeness (QED) is 0.176. The number of thiazole rings is 1. The van der Waals surface area contributed by atoms with Crippen molar-refractivity contribution < 1.29 is 17.8 Å². The zero-order valence-corrected chi connectivity index (χ0v) is 21.5. The van der Waals surface area contributed by atoms with Crippen molar-refractivity contribution in [3.8, 4) is 20.3 Å². The normalized spacial score (nSPS) is 13.1. The van der Waals surface area contributed by atoms with E-state index in [4.69, 9.17) is 0 Å². The van der Waals surface area contributed by atoms with Crippen molar-refractivity contribution >= 4 is 60.8 Å². The number of anilines is 1. The SMILES string of the molecule is C=S(=O)(CCC)Nc1ccc(F)c(C(=O)c2c[nH]c3ncc(-c4ccc(-c5nccs5)s4)cc23)c1F. The first-order valence-corrected chi connectivity index (χ1v) is 14.5. The minimum absolute atomic E-state index is 0.0786. The number of benzene rings is 1. The van der Waals surface area contributed by atoms with Crippen LogP contribution in [0.4, 0.5) is 14.5 Å². The molecule has 0 saturated carbocycles. The summed E-state index contributed by atoms with van der Waals surface area (Å²) in [7, 11) is -2.84. The molecule has 0 aliphatic heterocycles. The number of hydrogen-bond donors (Lipinski definition) is 2. The lowest BCUT2D eigenvalue weighted by atomic mass is 10.0. The largest absolute Gasteiger partial charge is 0.345 e. The molecule has 5 rings (SSSR count). The van der Waals surface area contributed by atoms with Crippen LogP contribution in [0, 0.1) is 11.6 Å². The van der Waals surface area contributed by atoms with E-state index in [1.54, 1.807) is 18.5 Å². The van der Waals surface area contributed by atoms with Crippen LogP contribution in [-0.4, -0.2) is 36.6 Å². The molecule has 0 aliphatic carbocycles. The van der Waals surface area contributed by atoms with Crippen LogP contribution in [-0.2, 0) is 9.71 Å². The Bertz CT molecular complexity index is 1690. The molecule has 6 nitrogen and oxygen atoms in total. The predicted octanol–water partition coefficient (Wildman–Crippen LogP) is 6.38.